The number of hydrogen-bond donors (Lipinski definition) is 20. The second-order valence-corrected chi connectivity index (χ2v) is 30.6. The van der Waals surface area contributed by atoms with E-state index in [9.17, 15) is 69.9 Å². The third-order valence-corrected chi connectivity index (χ3v) is 21.4. The Kier molecular flexibility index (Phi) is 29.4. The summed E-state index contributed by atoms with van der Waals surface area (Å²) in [7, 11) is 1.49. The number of unbranched alkanes of at least 4 members (excludes halogenated alkanes) is 6. The summed E-state index contributed by atoms with van der Waals surface area (Å²) in [6.07, 6.45) is -8.89. The summed E-state index contributed by atoms with van der Waals surface area (Å²) in [6.45, 7) is 10.9. The standard InChI is InChI=1S/C78H101Cl2N11O23/c1-7-8-9-10-11-12-21-84-22-13-14-23-85-78(5)33-56(109-36(4)69(78)100)113-68-66(99)65(98)54(34-81)112-77(68)114-67-52-28-40-29-53(67)111-51-20-17-39(27-45(51)80)64(97)62-75(106)89-60(76(107)108)43-30-41(92)31-49(94)57(43)42-25-37(15-18-48(42)93)58(72(103)91-62)88-73(104)59(40)87-71(102)47(32-55(82)95)86-74(105)61(90-70(101)46(83-6)24-35(2)3)63(96)38-16-19-50(110-52)44(79)26-38/h15-20,25-31,35-36,46-47,54,56,58-66,68-69,77,83-85,92-94,96-100H,7-14,21-24,32-34,81H2,1-6H3,(H2,82,95)(H,86,105)(H,87,102)(H,88,104)(H,89,106)(H,90,101)(H,91,103)(H,107,108)/t36-,46+,47-,54+,56-,58+,59+,60-,61+,62-,63+,64+,65+,66-,68+,69+,77-,78-/m0/s1. The van der Waals surface area contributed by atoms with Crippen LogP contribution in [0.4, 0.5) is 0 Å². The van der Waals surface area contributed by atoms with Crippen LogP contribution >= 0.6 is 23.2 Å². The lowest BCUT2D eigenvalue weighted by Gasteiger charge is -2.48. The minimum absolute atomic E-state index is 0.0700. The minimum Gasteiger partial charge on any atom is -0.508 e. The topological polar surface area (TPSA) is 534 Å². The highest BCUT2D eigenvalue weighted by Gasteiger charge is 2.52. The number of phenols is 3. The van der Waals surface area contributed by atoms with Crippen LogP contribution in [-0.2, 0) is 52.6 Å². The number of carboxylic acids is 1. The van der Waals surface area contributed by atoms with E-state index in [0.29, 0.717) is 6.54 Å². The molecule has 0 unspecified atom stereocenters. The maximum atomic E-state index is 16.2. The number of primary amides is 1. The van der Waals surface area contributed by atoms with Gasteiger partial charge in [0.05, 0.1) is 34.7 Å². The Hall–Kier alpha value is -9.24. The molecule has 5 aromatic carbocycles. The van der Waals surface area contributed by atoms with Gasteiger partial charge in [0.25, 0.3) is 0 Å². The van der Waals surface area contributed by atoms with E-state index in [2.05, 4.69) is 54.8 Å². The normalized spacial score (nSPS) is 27.4. The van der Waals surface area contributed by atoms with Gasteiger partial charge in [0.1, 0.15) is 89.5 Å². The second-order valence-electron chi connectivity index (χ2n) is 29.8. The predicted molar refractivity (Wildman–Crippen MR) is 411 cm³/mol. The van der Waals surface area contributed by atoms with Gasteiger partial charge in [-0.05, 0) is 149 Å². The predicted octanol–water partition coefficient (Wildman–Crippen LogP) is 3.43. The van der Waals surface area contributed by atoms with E-state index in [4.69, 9.17) is 63.1 Å². The molecule has 11 bridgehead atoms. The van der Waals surface area contributed by atoms with Crippen molar-refractivity contribution in [1.29, 1.82) is 0 Å². The lowest BCUT2D eigenvalue weighted by Crippen LogP contribution is -2.65. The number of amides is 7. The Labute approximate surface area is 667 Å². The van der Waals surface area contributed by atoms with Crippen molar-refractivity contribution in [3.8, 4) is 57.1 Å². The van der Waals surface area contributed by atoms with Crippen LogP contribution in [0.5, 0.6) is 46.0 Å². The van der Waals surface area contributed by atoms with E-state index in [1.54, 1.807) is 13.8 Å². The first kappa shape index (κ1) is 87.2. The van der Waals surface area contributed by atoms with Gasteiger partial charge in [0.2, 0.25) is 53.4 Å². The number of ether oxygens (including phenoxy) is 6. The number of hydrogen-bond acceptors (Lipinski definition) is 26. The van der Waals surface area contributed by atoms with Gasteiger partial charge in [-0.3, -0.25) is 33.6 Å². The van der Waals surface area contributed by atoms with Crippen molar-refractivity contribution < 1.29 is 113 Å². The Balaban J connectivity index is 1.15. The molecular formula is C78H101Cl2N11O23. The number of phenolic OH excluding ortho intramolecular Hbond substituents is 3. The van der Waals surface area contributed by atoms with E-state index in [0.717, 1.165) is 99.4 Å². The van der Waals surface area contributed by atoms with Crippen LogP contribution in [0.3, 0.4) is 0 Å². The number of benzene rings is 5. The second kappa shape index (κ2) is 38.5. The van der Waals surface area contributed by atoms with Crippen molar-refractivity contribution in [3.63, 3.8) is 0 Å². The zero-order chi connectivity index (χ0) is 82.7. The van der Waals surface area contributed by atoms with Crippen molar-refractivity contribution in [2.24, 2.45) is 17.4 Å². The van der Waals surface area contributed by atoms with Crippen molar-refractivity contribution in [1.82, 2.24) is 47.9 Å². The van der Waals surface area contributed by atoms with E-state index in [1.807, 2.05) is 13.8 Å². The van der Waals surface area contributed by atoms with Crippen molar-refractivity contribution >= 4 is 70.5 Å². The number of carboxylic acid groups (broad SMARTS) is 1. The smallest absolute Gasteiger partial charge is 0.330 e. The Morgan fingerprint density at radius 3 is 1.90 bits per heavy atom. The van der Waals surface area contributed by atoms with Crippen LogP contribution in [0.1, 0.15) is 163 Å². The molecule has 7 heterocycles. The number of carbonyl (C=O) groups excluding carboxylic acids is 7. The molecular weight excluding hydrogens is 1530 g/mol. The number of aliphatic hydroxyl groups excluding tert-OH is 5. The first-order valence-electron chi connectivity index (χ1n) is 37.9. The van der Waals surface area contributed by atoms with Crippen LogP contribution in [0.15, 0.2) is 78.9 Å². The summed E-state index contributed by atoms with van der Waals surface area (Å²) in [5.41, 5.74) is 8.21. The minimum atomic E-state index is -2.33. The summed E-state index contributed by atoms with van der Waals surface area (Å²) >= 11 is 14.3. The molecule has 7 aliphatic heterocycles. The van der Waals surface area contributed by atoms with Gasteiger partial charge in [-0.1, -0.05) is 94.3 Å². The number of aromatic hydroxyl groups is 3. The number of nitrogens with one attached hydrogen (secondary N) is 9. The van der Waals surface area contributed by atoms with Gasteiger partial charge in [0, 0.05) is 41.3 Å². The molecule has 0 radical (unpaired) electrons. The fraction of sp³-hybridized carbons (Fsp3) is 0.513. The Morgan fingerprint density at radius 1 is 0.675 bits per heavy atom. The highest BCUT2D eigenvalue weighted by molar-refractivity contribution is 6.32. The maximum absolute atomic E-state index is 16.2. The third kappa shape index (κ3) is 20.5. The number of fused-ring (bicyclic) bond motifs is 15. The van der Waals surface area contributed by atoms with Gasteiger partial charge < -0.3 is 134 Å². The first-order chi connectivity index (χ1) is 54.2. The zero-order valence-electron chi connectivity index (χ0n) is 63.7. The highest BCUT2D eigenvalue weighted by atomic mass is 35.5. The molecule has 0 spiro atoms. The molecule has 22 N–H and O–H groups in total. The fourth-order valence-corrected chi connectivity index (χ4v) is 15.0. The van der Waals surface area contributed by atoms with Gasteiger partial charge in [-0.2, -0.15) is 0 Å². The van der Waals surface area contributed by atoms with Gasteiger partial charge in [-0.25, -0.2) is 4.79 Å². The molecule has 2 fully saturated rings. The molecule has 0 aliphatic carbocycles. The number of nitrogens with two attached hydrogens (primary N) is 2. The quantitative estimate of drug-likeness (QED) is 0.0353. The SMILES string of the molecule is CCCCCCCCNCCCCN[C@@]1(C)C[C@H](O[C@H]2[C@H](Oc3c4cc5cc3Oc3ccc(cc3Cl)[C@@H](O)[C@@H](NC(=O)[C@@H](CC(C)C)NC)C(=O)N[C@@H](CC(N)=O)C(=O)N[C@H]5C(=O)N[C@H]3C(=O)N[C@H](C(=O)N[C@H](C(=O)O)c5cc(O)cc(O)c5-c5cc3ccc5O)[C@H](O)c3ccc(c(Cl)c3)O4)O[C@H](CN)[C@@H](O)[C@@H]2O)O[C@@H](C)[C@H]1O. The number of aliphatic hydroxyl groups is 5. The lowest BCUT2D eigenvalue weighted by atomic mass is 9.85. The molecule has 7 aliphatic rings. The molecule has 34 nitrogen and oxygen atoms in total. The monoisotopic (exact) mass is 1630 g/mol. The zero-order valence-corrected chi connectivity index (χ0v) is 65.2. The summed E-state index contributed by atoms with van der Waals surface area (Å²) in [5, 5.41) is 129. The van der Waals surface area contributed by atoms with E-state index >= 15 is 14.4 Å². The largest absolute Gasteiger partial charge is 0.508 e. The number of likely N-dealkylation sites (N-methyl/N-ethyl adjacent to an activating group) is 1. The van der Waals surface area contributed by atoms with Crippen molar-refractivity contribution in [2.45, 2.75) is 214 Å². The van der Waals surface area contributed by atoms with Gasteiger partial charge in [0.15, 0.2) is 29.9 Å². The molecule has 7 amide bonds. The molecule has 18 atom stereocenters. The van der Waals surface area contributed by atoms with Gasteiger partial charge in [-0.15, -0.1) is 0 Å². The average molecular weight is 1630 g/mol. The van der Waals surface area contributed by atoms with E-state index in [-0.39, 0.29) is 52.0 Å². The summed E-state index contributed by atoms with van der Waals surface area (Å²) in [6, 6.07) is -0.203. The first-order valence-corrected chi connectivity index (χ1v) is 38.7. The van der Waals surface area contributed by atoms with Crippen LogP contribution in [0, 0.1) is 5.92 Å². The van der Waals surface area contributed by atoms with Crippen molar-refractivity contribution in [2.75, 3.05) is 33.2 Å². The molecule has 12 rings (SSSR count). The fourth-order valence-electron chi connectivity index (χ4n) is 14.6. The number of rotatable bonds is 26. The summed E-state index contributed by atoms with van der Waals surface area (Å²) in [4.78, 5) is 118. The average Bonchev–Trinajstić information content (AvgIpc) is 0.771. The van der Waals surface area contributed by atoms with Gasteiger partial charge >= 0.3 is 5.97 Å². The lowest BCUT2D eigenvalue weighted by molar-refractivity contribution is -0.331. The number of halogens is 2. The molecule has 620 valence electrons. The van der Waals surface area contributed by atoms with Crippen molar-refractivity contribution in [3.05, 3.63) is 117 Å². The van der Waals surface area contributed by atoms with Crippen LogP contribution in [-0.4, -0.2) is 205 Å². The maximum Gasteiger partial charge on any atom is 0.330 e. The molecule has 0 aromatic heterocycles. The van der Waals surface area contributed by atoms with Crippen LogP contribution < -0.4 is 73.5 Å². The number of aliphatic carboxylic acids is 1. The Bertz CT molecular complexity index is 4340. The highest BCUT2D eigenvalue weighted by Crippen LogP contribution is 2.50. The van der Waals surface area contributed by atoms with E-state index < -0.39 is 231 Å². The van der Waals surface area contributed by atoms with Crippen LogP contribution in [0.25, 0.3) is 11.1 Å². The molecule has 2 saturated heterocycles. The molecule has 0 saturated carbocycles. The summed E-state index contributed by atoms with van der Waals surface area (Å²) < 4.78 is 39.7. The molecule has 5 aromatic rings. The molecule has 114 heavy (non-hydrogen) atoms. The summed E-state index contributed by atoms with van der Waals surface area (Å²) in [5.74, 6) is -15.6. The van der Waals surface area contributed by atoms with Crippen LogP contribution in [0.2, 0.25) is 10.0 Å². The number of carbonyl (C=O) groups is 8. The third-order valence-electron chi connectivity index (χ3n) is 20.8. The Morgan fingerprint density at radius 2 is 1.28 bits per heavy atom. The molecule has 36 heteroatoms. The van der Waals surface area contributed by atoms with E-state index in [1.165, 1.54) is 50.9 Å².